The van der Waals surface area contributed by atoms with E-state index in [0.29, 0.717) is 17.9 Å². The van der Waals surface area contributed by atoms with Crippen LogP contribution in [0.2, 0.25) is 0 Å². The van der Waals surface area contributed by atoms with Crippen LogP contribution in [-0.2, 0) is 0 Å². The molecule has 1 aliphatic rings. The Morgan fingerprint density at radius 3 is 2.37 bits per heavy atom. The summed E-state index contributed by atoms with van der Waals surface area (Å²) in [4.78, 5) is 0. The Morgan fingerprint density at radius 2 is 1.89 bits per heavy atom. The summed E-state index contributed by atoms with van der Waals surface area (Å²) < 4.78 is 5.18. The van der Waals surface area contributed by atoms with Gasteiger partial charge in [-0.1, -0.05) is 26.0 Å². The van der Waals surface area contributed by atoms with Crippen LogP contribution in [0.4, 0.5) is 0 Å². The van der Waals surface area contributed by atoms with Crippen molar-refractivity contribution in [3.05, 3.63) is 29.8 Å². The molecule has 0 aromatic heterocycles. The van der Waals surface area contributed by atoms with Gasteiger partial charge in [0.1, 0.15) is 5.75 Å². The molecule has 1 atom stereocenters. The minimum absolute atomic E-state index is 0.224. The first-order chi connectivity index (χ1) is 9.13. The third-order valence-corrected chi connectivity index (χ3v) is 4.18. The average molecular weight is 263 g/mol. The molecule has 1 saturated carbocycles. The molecule has 0 spiro atoms. The van der Waals surface area contributed by atoms with Gasteiger partial charge in [0.25, 0.3) is 0 Å². The lowest BCUT2D eigenvalue weighted by atomic mass is 9.75. The van der Waals surface area contributed by atoms with Crippen molar-refractivity contribution in [3.63, 3.8) is 0 Å². The molecule has 2 rings (SSSR count). The summed E-state index contributed by atoms with van der Waals surface area (Å²) in [6.45, 7) is 4.52. The van der Waals surface area contributed by atoms with Gasteiger partial charge in [0, 0.05) is 12.1 Å². The normalized spacial score (nSPS) is 24.1. The zero-order valence-corrected chi connectivity index (χ0v) is 12.1. The molecule has 3 nitrogen and oxygen atoms in total. The fraction of sp³-hybridized carbons (Fsp3) is 0.625. The highest BCUT2D eigenvalue weighted by molar-refractivity contribution is 5.30. The molecule has 0 bridgehead atoms. The minimum Gasteiger partial charge on any atom is -0.497 e. The number of nitrogens with one attached hydrogen (secondary N) is 1. The summed E-state index contributed by atoms with van der Waals surface area (Å²) in [5.74, 6) is 2.04. The molecule has 1 aromatic carbocycles. The summed E-state index contributed by atoms with van der Waals surface area (Å²) in [5.41, 5.74) is 1.39. The predicted octanol–water partition coefficient (Wildman–Crippen LogP) is 2.55. The van der Waals surface area contributed by atoms with E-state index in [0.717, 1.165) is 18.6 Å². The third-order valence-electron chi connectivity index (χ3n) is 4.18. The molecule has 0 heterocycles. The first-order valence-corrected chi connectivity index (χ1v) is 7.15. The van der Waals surface area contributed by atoms with Crippen LogP contribution in [0.15, 0.2) is 24.3 Å². The number of aliphatic hydroxyl groups is 1. The highest BCUT2D eigenvalue weighted by atomic mass is 16.5. The number of hydrogen-bond donors (Lipinski definition) is 2. The number of rotatable bonds is 6. The number of ether oxygens (including phenoxy) is 1. The number of benzene rings is 1. The van der Waals surface area contributed by atoms with Crippen molar-refractivity contribution in [1.29, 1.82) is 0 Å². The lowest BCUT2D eigenvalue weighted by Gasteiger charge is -2.39. The Labute approximate surface area is 116 Å². The van der Waals surface area contributed by atoms with E-state index in [-0.39, 0.29) is 12.6 Å². The molecule has 1 aromatic rings. The molecule has 1 aliphatic carbocycles. The fourth-order valence-electron chi connectivity index (χ4n) is 2.66. The highest BCUT2D eigenvalue weighted by Crippen LogP contribution is 2.37. The van der Waals surface area contributed by atoms with E-state index in [1.807, 2.05) is 12.1 Å². The maximum atomic E-state index is 9.33. The molecule has 0 saturated heterocycles. The van der Waals surface area contributed by atoms with Gasteiger partial charge in [0.15, 0.2) is 0 Å². The van der Waals surface area contributed by atoms with Crippen LogP contribution in [0.1, 0.15) is 38.2 Å². The van der Waals surface area contributed by atoms with E-state index < -0.39 is 0 Å². The summed E-state index contributed by atoms with van der Waals surface area (Å²) in [5, 5.41) is 12.9. The highest BCUT2D eigenvalue weighted by Gasteiger charge is 2.31. The Morgan fingerprint density at radius 1 is 1.26 bits per heavy atom. The summed E-state index contributed by atoms with van der Waals surface area (Å²) in [6, 6.07) is 9.15. The lowest BCUT2D eigenvalue weighted by Crippen LogP contribution is -2.49. The Kier molecular flexibility index (Phi) is 4.83. The van der Waals surface area contributed by atoms with Gasteiger partial charge in [0.05, 0.1) is 13.7 Å². The molecular formula is C16H25NO2. The van der Waals surface area contributed by atoms with E-state index in [1.54, 1.807) is 7.11 Å². The fourth-order valence-corrected chi connectivity index (χ4v) is 2.66. The van der Waals surface area contributed by atoms with Crippen LogP contribution in [0, 0.1) is 5.92 Å². The SMILES string of the molecule is COc1ccc(C2CC(NC(CO)C(C)C)C2)cc1. The van der Waals surface area contributed by atoms with E-state index in [2.05, 4.69) is 31.3 Å². The summed E-state index contributed by atoms with van der Waals surface area (Å²) >= 11 is 0. The first-order valence-electron chi connectivity index (χ1n) is 7.15. The third kappa shape index (κ3) is 3.48. The molecule has 1 unspecified atom stereocenters. The number of hydrogen-bond acceptors (Lipinski definition) is 3. The van der Waals surface area contributed by atoms with Crippen molar-refractivity contribution in [1.82, 2.24) is 5.32 Å². The van der Waals surface area contributed by atoms with Gasteiger partial charge in [-0.05, 0) is 42.4 Å². The van der Waals surface area contributed by atoms with Crippen LogP contribution in [0.5, 0.6) is 5.75 Å². The van der Waals surface area contributed by atoms with Gasteiger partial charge in [-0.2, -0.15) is 0 Å². The molecule has 3 heteroatoms. The van der Waals surface area contributed by atoms with Gasteiger partial charge < -0.3 is 15.2 Å². The van der Waals surface area contributed by atoms with Crippen molar-refractivity contribution in [2.75, 3.05) is 13.7 Å². The number of methoxy groups -OCH3 is 1. The van der Waals surface area contributed by atoms with Gasteiger partial charge in [-0.25, -0.2) is 0 Å². The molecule has 1 fully saturated rings. The average Bonchev–Trinajstić information content (AvgIpc) is 2.37. The van der Waals surface area contributed by atoms with Crippen molar-refractivity contribution in [2.45, 2.75) is 44.7 Å². The predicted molar refractivity (Wildman–Crippen MR) is 77.6 cm³/mol. The largest absolute Gasteiger partial charge is 0.497 e. The van der Waals surface area contributed by atoms with Crippen LogP contribution >= 0.6 is 0 Å². The summed E-state index contributed by atoms with van der Waals surface area (Å²) in [6.07, 6.45) is 2.32. The number of aliphatic hydroxyl groups excluding tert-OH is 1. The van der Waals surface area contributed by atoms with Gasteiger partial charge in [-0.3, -0.25) is 0 Å². The Balaban J connectivity index is 1.82. The van der Waals surface area contributed by atoms with E-state index >= 15 is 0 Å². The standard InChI is InChI=1S/C16H25NO2/c1-11(2)16(10-18)17-14-8-13(9-14)12-4-6-15(19-3)7-5-12/h4-7,11,13-14,16-18H,8-10H2,1-3H3. The van der Waals surface area contributed by atoms with E-state index in [1.165, 1.54) is 5.56 Å². The zero-order valence-electron chi connectivity index (χ0n) is 12.1. The topological polar surface area (TPSA) is 41.5 Å². The smallest absolute Gasteiger partial charge is 0.118 e. The Hall–Kier alpha value is -1.06. The monoisotopic (exact) mass is 263 g/mol. The second-order valence-corrected chi connectivity index (χ2v) is 5.84. The molecule has 0 amide bonds. The lowest BCUT2D eigenvalue weighted by molar-refractivity contribution is 0.169. The maximum Gasteiger partial charge on any atom is 0.118 e. The quantitative estimate of drug-likeness (QED) is 0.829. The molecule has 19 heavy (non-hydrogen) atoms. The first kappa shape index (κ1) is 14.4. The molecule has 0 aliphatic heterocycles. The summed E-state index contributed by atoms with van der Waals surface area (Å²) in [7, 11) is 1.69. The van der Waals surface area contributed by atoms with Crippen LogP contribution in [-0.4, -0.2) is 30.9 Å². The Bertz CT molecular complexity index is 382. The second kappa shape index (κ2) is 6.40. The van der Waals surface area contributed by atoms with Crippen molar-refractivity contribution in [2.24, 2.45) is 5.92 Å². The zero-order chi connectivity index (χ0) is 13.8. The molecule has 2 N–H and O–H groups in total. The van der Waals surface area contributed by atoms with Crippen LogP contribution in [0.3, 0.4) is 0 Å². The molecule has 0 radical (unpaired) electrons. The van der Waals surface area contributed by atoms with Gasteiger partial charge in [0.2, 0.25) is 0 Å². The molecule has 106 valence electrons. The van der Waals surface area contributed by atoms with Crippen molar-refractivity contribution in [3.8, 4) is 5.75 Å². The van der Waals surface area contributed by atoms with Crippen LogP contribution in [0.25, 0.3) is 0 Å². The van der Waals surface area contributed by atoms with Crippen LogP contribution < -0.4 is 10.1 Å². The molecular weight excluding hydrogens is 238 g/mol. The van der Waals surface area contributed by atoms with Gasteiger partial charge in [-0.15, -0.1) is 0 Å². The maximum absolute atomic E-state index is 9.33. The van der Waals surface area contributed by atoms with Crippen molar-refractivity contribution < 1.29 is 9.84 Å². The van der Waals surface area contributed by atoms with Crippen molar-refractivity contribution >= 4 is 0 Å². The van der Waals surface area contributed by atoms with E-state index in [9.17, 15) is 5.11 Å². The second-order valence-electron chi connectivity index (χ2n) is 5.84. The minimum atomic E-state index is 0.224. The van der Waals surface area contributed by atoms with Gasteiger partial charge >= 0.3 is 0 Å². The van der Waals surface area contributed by atoms with E-state index in [4.69, 9.17) is 4.74 Å².